The second-order valence-corrected chi connectivity index (χ2v) is 7.53. The highest BCUT2D eigenvalue weighted by atomic mass is 127. The smallest absolute Gasteiger partial charge is 0.208 e. The topological polar surface area (TPSA) is 73.8 Å². The van der Waals surface area contributed by atoms with Crippen molar-refractivity contribution in [3.05, 3.63) is 42.0 Å². The third kappa shape index (κ3) is 7.74. The maximum atomic E-state index is 11.1. The summed E-state index contributed by atoms with van der Waals surface area (Å²) in [4.78, 5) is 6.70. The Balaban J connectivity index is 0.00000312. The molecule has 0 saturated carbocycles. The molecule has 1 aromatic rings. The van der Waals surface area contributed by atoms with Gasteiger partial charge in [0.15, 0.2) is 5.96 Å². The van der Waals surface area contributed by atoms with Gasteiger partial charge >= 0.3 is 0 Å². The first-order valence-corrected chi connectivity index (χ1v) is 10.1. The van der Waals surface area contributed by atoms with Crippen molar-refractivity contribution < 1.29 is 8.42 Å². The molecule has 6 nitrogen and oxygen atoms in total. The summed E-state index contributed by atoms with van der Waals surface area (Å²) in [5, 5.41) is 3.27. The monoisotopic (exact) mass is 478 g/mol. The summed E-state index contributed by atoms with van der Waals surface area (Å²) in [5.74, 6) is 0.830. The Morgan fingerprint density at radius 1 is 1.28 bits per heavy atom. The lowest BCUT2D eigenvalue weighted by atomic mass is 10.00. The number of nitrogens with one attached hydrogen (secondary N) is 2. The fraction of sp³-hybridized carbons (Fsp3) is 0.471. The Morgan fingerprint density at radius 3 is 2.56 bits per heavy atom. The zero-order valence-corrected chi connectivity index (χ0v) is 17.9. The lowest BCUT2D eigenvalue weighted by molar-refractivity contribution is 0.440. The zero-order chi connectivity index (χ0) is 17.4. The SMILES string of the molecule is CCNC(=NCCNS(C)(=O)=O)N1CC=C(c2ccccc2)CC1.I. The molecule has 0 saturated heterocycles. The van der Waals surface area contributed by atoms with Crippen molar-refractivity contribution in [1.82, 2.24) is 14.9 Å². The van der Waals surface area contributed by atoms with Crippen LogP contribution in [0.25, 0.3) is 5.57 Å². The molecule has 0 aliphatic carbocycles. The second kappa shape index (κ2) is 10.8. The van der Waals surface area contributed by atoms with Gasteiger partial charge in [0.1, 0.15) is 0 Å². The first-order chi connectivity index (χ1) is 11.5. The number of hydrogen-bond acceptors (Lipinski definition) is 3. The molecule has 25 heavy (non-hydrogen) atoms. The summed E-state index contributed by atoms with van der Waals surface area (Å²) in [5.41, 5.74) is 2.64. The standard InChI is InChI=1S/C17H26N4O2S.HI/c1-3-18-17(19-11-12-20-24(2,22)23)21-13-9-16(10-14-21)15-7-5-4-6-8-15;/h4-9,20H,3,10-14H2,1-2H3,(H,18,19);1H. The Hall–Kier alpha value is -1.13. The van der Waals surface area contributed by atoms with Crippen molar-refractivity contribution in [2.24, 2.45) is 4.99 Å². The Kier molecular flexibility index (Phi) is 9.44. The lowest BCUT2D eigenvalue weighted by Crippen LogP contribution is -2.43. The summed E-state index contributed by atoms with van der Waals surface area (Å²) in [6.07, 6.45) is 4.36. The number of benzene rings is 1. The van der Waals surface area contributed by atoms with E-state index in [0.717, 1.165) is 38.3 Å². The predicted molar refractivity (Wildman–Crippen MR) is 115 cm³/mol. The number of hydrogen-bond donors (Lipinski definition) is 2. The van der Waals surface area contributed by atoms with E-state index in [-0.39, 0.29) is 24.0 Å². The van der Waals surface area contributed by atoms with E-state index >= 15 is 0 Å². The third-order valence-corrected chi connectivity index (χ3v) is 4.45. The van der Waals surface area contributed by atoms with Gasteiger partial charge < -0.3 is 10.2 Å². The molecule has 0 aromatic heterocycles. The van der Waals surface area contributed by atoms with Gasteiger partial charge in [-0.2, -0.15) is 0 Å². The van der Waals surface area contributed by atoms with Gasteiger partial charge in [-0.05, 0) is 24.5 Å². The molecule has 1 heterocycles. The molecule has 1 aromatic carbocycles. The molecule has 1 aliphatic heterocycles. The summed E-state index contributed by atoms with van der Waals surface area (Å²) in [6.45, 7) is 5.24. The number of nitrogens with zero attached hydrogens (tertiary/aromatic N) is 2. The van der Waals surface area contributed by atoms with E-state index in [4.69, 9.17) is 0 Å². The Labute approximate surface area is 167 Å². The minimum atomic E-state index is -3.16. The van der Waals surface area contributed by atoms with E-state index in [9.17, 15) is 8.42 Å². The fourth-order valence-electron chi connectivity index (χ4n) is 2.59. The van der Waals surface area contributed by atoms with Crippen molar-refractivity contribution in [3.63, 3.8) is 0 Å². The van der Waals surface area contributed by atoms with Gasteiger partial charge in [0.05, 0.1) is 12.8 Å². The van der Waals surface area contributed by atoms with E-state index in [0.29, 0.717) is 13.1 Å². The van der Waals surface area contributed by atoms with Crippen LogP contribution in [0.2, 0.25) is 0 Å². The van der Waals surface area contributed by atoms with Crippen LogP contribution in [0.4, 0.5) is 0 Å². The van der Waals surface area contributed by atoms with Gasteiger partial charge in [0.2, 0.25) is 10.0 Å². The quantitative estimate of drug-likeness (QED) is 0.284. The molecule has 2 rings (SSSR count). The summed E-state index contributed by atoms with van der Waals surface area (Å²) < 4.78 is 24.6. The Morgan fingerprint density at radius 2 is 2.00 bits per heavy atom. The van der Waals surface area contributed by atoms with Crippen LogP contribution in [0.15, 0.2) is 41.4 Å². The van der Waals surface area contributed by atoms with Crippen molar-refractivity contribution in [2.75, 3.05) is 39.0 Å². The number of guanidine groups is 1. The van der Waals surface area contributed by atoms with Crippen LogP contribution in [0.3, 0.4) is 0 Å². The van der Waals surface area contributed by atoms with Crippen LogP contribution in [-0.4, -0.2) is 58.3 Å². The number of rotatable bonds is 6. The maximum absolute atomic E-state index is 11.1. The van der Waals surface area contributed by atoms with Gasteiger partial charge in [-0.25, -0.2) is 13.1 Å². The van der Waals surface area contributed by atoms with E-state index in [2.05, 4.69) is 50.3 Å². The van der Waals surface area contributed by atoms with Gasteiger partial charge in [-0.3, -0.25) is 4.99 Å². The number of sulfonamides is 1. The van der Waals surface area contributed by atoms with Gasteiger partial charge in [-0.1, -0.05) is 36.4 Å². The molecule has 0 spiro atoms. The van der Waals surface area contributed by atoms with E-state index < -0.39 is 10.0 Å². The largest absolute Gasteiger partial charge is 0.357 e. The van der Waals surface area contributed by atoms with E-state index in [1.807, 2.05) is 13.0 Å². The first-order valence-electron chi connectivity index (χ1n) is 8.22. The van der Waals surface area contributed by atoms with Crippen LogP contribution < -0.4 is 10.0 Å². The molecule has 0 amide bonds. The van der Waals surface area contributed by atoms with Crippen molar-refractivity contribution in [2.45, 2.75) is 13.3 Å². The van der Waals surface area contributed by atoms with Crippen LogP contribution in [0.5, 0.6) is 0 Å². The molecule has 1 aliphatic rings. The summed E-state index contributed by atoms with van der Waals surface area (Å²) in [6, 6.07) is 10.4. The van der Waals surface area contributed by atoms with E-state index in [1.54, 1.807) is 0 Å². The first kappa shape index (κ1) is 21.9. The molecule has 8 heteroatoms. The summed E-state index contributed by atoms with van der Waals surface area (Å²) in [7, 11) is -3.16. The summed E-state index contributed by atoms with van der Waals surface area (Å²) >= 11 is 0. The minimum absolute atomic E-state index is 0. The van der Waals surface area contributed by atoms with Crippen LogP contribution in [0.1, 0.15) is 18.9 Å². The maximum Gasteiger partial charge on any atom is 0.208 e. The van der Waals surface area contributed by atoms with E-state index in [1.165, 1.54) is 11.1 Å². The third-order valence-electron chi connectivity index (χ3n) is 3.73. The highest BCUT2D eigenvalue weighted by Crippen LogP contribution is 2.21. The number of halogens is 1. The number of aliphatic imine (C=N–C) groups is 1. The van der Waals surface area contributed by atoms with Crippen LogP contribution in [-0.2, 0) is 10.0 Å². The molecule has 0 bridgehead atoms. The Bertz CT molecular complexity index is 690. The van der Waals surface area contributed by atoms with Crippen molar-refractivity contribution in [3.8, 4) is 0 Å². The molecular formula is C17H27IN4O2S. The highest BCUT2D eigenvalue weighted by Gasteiger charge is 2.15. The fourth-order valence-corrected chi connectivity index (χ4v) is 3.06. The predicted octanol–water partition coefficient (Wildman–Crippen LogP) is 1.91. The molecule has 0 fully saturated rings. The lowest BCUT2D eigenvalue weighted by Gasteiger charge is -2.30. The van der Waals surface area contributed by atoms with Gasteiger partial charge in [0.25, 0.3) is 0 Å². The molecule has 0 atom stereocenters. The second-order valence-electron chi connectivity index (χ2n) is 5.69. The average Bonchev–Trinajstić information content (AvgIpc) is 2.58. The zero-order valence-electron chi connectivity index (χ0n) is 14.7. The highest BCUT2D eigenvalue weighted by molar-refractivity contribution is 14.0. The normalized spacial score (nSPS) is 15.4. The molecule has 2 N–H and O–H groups in total. The molecule has 0 unspecified atom stereocenters. The van der Waals surface area contributed by atoms with Gasteiger partial charge in [0, 0.05) is 26.2 Å². The minimum Gasteiger partial charge on any atom is -0.357 e. The molecule has 0 radical (unpaired) electrons. The van der Waals surface area contributed by atoms with Crippen molar-refractivity contribution in [1.29, 1.82) is 0 Å². The molecular weight excluding hydrogens is 451 g/mol. The van der Waals surface area contributed by atoms with Gasteiger partial charge in [-0.15, -0.1) is 24.0 Å². The molecule has 140 valence electrons. The van der Waals surface area contributed by atoms with Crippen LogP contribution in [0, 0.1) is 0 Å². The van der Waals surface area contributed by atoms with Crippen molar-refractivity contribution >= 4 is 45.5 Å². The van der Waals surface area contributed by atoms with Crippen LogP contribution >= 0.6 is 24.0 Å². The average molecular weight is 478 g/mol.